The summed E-state index contributed by atoms with van der Waals surface area (Å²) in [6.45, 7) is 1.42. The predicted molar refractivity (Wildman–Crippen MR) is 65.8 cm³/mol. The minimum Gasteiger partial charge on any atom is -0.463 e. The lowest BCUT2D eigenvalue weighted by Crippen LogP contribution is -2.11. The van der Waals surface area contributed by atoms with Crippen LogP contribution in [0, 0.1) is 0 Å². The van der Waals surface area contributed by atoms with Crippen LogP contribution < -0.4 is 5.32 Å². The molecule has 0 spiro atoms. The van der Waals surface area contributed by atoms with E-state index in [1.165, 1.54) is 10.8 Å². The minimum absolute atomic E-state index is 0.622. The van der Waals surface area contributed by atoms with Gasteiger partial charge in [-0.05, 0) is 11.5 Å². The number of fused-ring (bicyclic) bond motifs is 1. The van der Waals surface area contributed by atoms with Gasteiger partial charge < -0.3 is 10.1 Å². The lowest BCUT2D eigenvalue weighted by Gasteiger charge is -2.08. The molecule has 0 saturated heterocycles. The molecule has 80 valence electrons. The maximum Gasteiger partial charge on any atom is 0.289 e. The number of anilines is 1. The van der Waals surface area contributed by atoms with Gasteiger partial charge in [-0.15, -0.1) is 0 Å². The van der Waals surface area contributed by atoms with Crippen LogP contribution in [-0.4, -0.2) is 19.2 Å². The van der Waals surface area contributed by atoms with Crippen LogP contribution in [0.2, 0.25) is 0 Å². The third kappa shape index (κ3) is 1.60. The van der Waals surface area contributed by atoms with Crippen LogP contribution >= 0.6 is 0 Å². The Labute approximate surface area is 93.8 Å². The Morgan fingerprint density at radius 3 is 2.81 bits per heavy atom. The first-order valence-corrected chi connectivity index (χ1v) is 5.35. The third-order valence-electron chi connectivity index (χ3n) is 2.62. The van der Waals surface area contributed by atoms with Crippen molar-refractivity contribution in [2.45, 2.75) is 0 Å². The summed E-state index contributed by atoms with van der Waals surface area (Å²) in [7, 11) is 0. The van der Waals surface area contributed by atoms with Gasteiger partial charge in [0.2, 0.25) is 0 Å². The highest BCUT2D eigenvalue weighted by Crippen LogP contribution is 2.23. The van der Waals surface area contributed by atoms with Gasteiger partial charge in [-0.25, -0.2) is 4.99 Å². The molecule has 2 aromatic rings. The van der Waals surface area contributed by atoms with Crippen LogP contribution in [0.4, 0.5) is 5.69 Å². The highest BCUT2D eigenvalue weighted by Gasteiger charge is 2.08. The number of ether oxygens (including phenoxy) is 1. The van der Waals surface area contributed by atoms with E-state index >= 15 is 0 Å². The van der Waals surface area contributed by atoms with Crippen molar-refractivity contribution in [2.75, 3.05) is 18.5 Å². The molecule has 1 aliphatic rings. The summed E-state index contributed by atoms with van der Waals surface area (Å²) >= 11 is 0. The first-order chi connectivity index (χ1) is 7.93. The molecule has 0 radical (unpaired) electrons. The van der Waals surface area contributed by atoms with Crippen molar-refractivity contribution < 1.29 is 4.74 Å². The molecule has 16 heavy (non-hydrogen) atoms. The molecule has 1 aliphatic heterocycles. The summed E-state index contributed by atoms with van der Waals surface area (Å²) in [6.07, 6.45) is 0. The molecule has 3 nitrogen and oxygen atoms in total. The normalized spacial score (nSPS) is 14.6. The van der Waals surface area contributed by atoms with E-state index in [9.17, 15) is 0 Å². The van der Waals surface area contributed by atoms with Crippen molar-refractivity contribution in [3.63, 3.8) is 0 Å². The zero-order valence-electron chi connectivity index (χ0n) is 8.81. The molecule has 0 aromatic heterocycles. The Morgan fingerprint density at radius 2 is 1.94 bits per heavy atom. The van der Waals surface area contributed by atoms with Gasteiger partial charge in [-0.2, -0.15) is 0 Å². The maximum atomic E-state index is 5.34. The Bertz CT molecular complexity index is 543. The molecule has 1 heterocycles. The van der Waals surface area contributed by atoms with Crippen molar-refractivity contribution in [3.05, 3.63) is 42.5 Å². The fraction of sp³-hybridized carbons (Fsp3) is 0.154. The highest BCUT2D eigenvalue weighted by atomic mass is 16.5. The van der Waals surface area contributed by atoms with Gasteiger partial charge >= 0.3 is 0 Å². The number of amidine groups is 1. The standard InChI is InChI=1S/C13H12N2O/c1-2-6-11-10(4-1)5-3-7-12(11)15-13-14-8-9-16-13/h1-7H,8-9H2,(H,14,15). The number of hydrogen-bond acceptors (Lipinski definition) is 3. The largest absolute Gasteiger partial charge is 0.463 e. The van der Waals surface area contributed by atoms with E-state index in [0.29, 0.717) is 12.6 Å². The smallest absolute Gasteiger partial charge is 0.289 e. The first-order valence-electron chi connectivity index (χ1n) is 5.35. The molecule has 0 unspecified atom stereocenters. The van der Waals surface area contributed by atoms with Gasteiger partial charge in [0.25, 0.3) is 6.02 Å². The van der Waals surface area contributed by atoms with E-state index in [1.54, 1.807) is 0 Å². The monoisotopic (exact) mass is 212 g/mol. The average Bonchev–Trinajstić information content (AvgIpc) is 2.82. The number of benzene rings is 2. The van der Waals surface area contributed by atoms with Crippen LogP contribution in [0.1, 0.15) is 0 Å². The Morgan fingerprint density at radius 1 is 1.06 bits per heavy atom. The first kappa shape index (κ1) is 9.21. The predicted octanol–water partition coefficient (Wildman–Crippen LogP) is 2.64. The summed E-state index contributed by atoms with van der Waals surface area (Å²) in [5.41, 5.74) is 1.04. The molecule has 0 fully saturated rings. The number of nitrogens with zero attached hydrogens (tertiary/aromatic N) is 1. The summed E-state index contributed by atoms with van der Waals surface area (Å²) in [6, 6.07) is 15.0. The lowest BCUT2D eigenvalue weighted by molar-refractivity contribution is 0.346. The second-order valence-corrected chi connectivity index (χ2v) is 3.69. The fourth-order valence-electron chi connectivity index (χ4n) is 1.86. The van der Waals surface area contributed by atoms with Crippen molar-refractivity contribution >= 4 is 22.5 Å². The van der Waals surface area contributed by atoms with Crippen LogP contribution in [-0.2, 0) is 4.74 Å². The summed E-state index contributed by atoms with van der Waals surface area (Å²) < 4.78 is 5.34. The molecule has 3 rings (SSSR count). The van der Waals surface area contributed by atoms with Crippen molar-refractivity contribution in [3.8, 4) is 0 Å². The molecule has 0 atom stereocenters. The number of nitrogens with one attached hydrogen (secondary N) is 1. The highest BCUT2D eigenvalue weighted by molar-refractivity contribution is 6.01. The molecule has 0 bridgehead atoms. The Kier molecular flexibility index (Phi) is 2.22. The molecule has 2 aromatic carbocycles. The van der Waals surface area contributed by atoms with Crippen LogP contribution in [0.15, 0.2) is 47.5 Å². The van der Waals surface area contributed by atoms with Crippen LogP contribution in [0.5, 0.6) is 0 Å². The zero-order chi connectivity index (χ0) is 10.8. The molecule has 1 N–H and O–H groups in total. The van der Waals surface area contributed by atoms with Gasteiger partial charge in [0.1, 0.15) is 6.61 Å². The van der Waals surface area contributed by atoms with E-state index in [4.69, 9.17) is 4.74 Å². The molecule has 0 saturated carbocycles. The topological polar surface area (TPSA) is 33.6 Å². The fourth-order valence-corrected chi connectivity index (χ4v) is 1.86. The SMILES string of the molecule is c1ccc2c(NC3=NCCO3)cccc2c1. The zero-order valence-corrected chi connectivity index (χ0v) is 8.81. The van der Waals surface area contributed by atoms with Gasteiger partial charge in [0.15, 0.2) is 0 Å². The van der Waals surface area contributed by atoms with Gasteiger partial charge in [0.05, 0.1) is 12.2 Å². The summed E-state index contributed by atoms with van der Waals surface area (Å²) in [5.74, 6) is 0. The quantitative estimate of drug-likeness (QED) is 0.788. The van der Waals surface area contributed by atoms with Crippen molar-refractivity contribution in [2.24, 2.45) is 4.99 Å². The molecule has 0 amide bonds. The average molecular weight is 212 g/mol. The van der Waals surface area contributed by atoms with E-state index in [-0.39, 0.29) is 0 Å². The summed E-state index contributed by atoms with van der Waals surface area (Å²) in [5, 5.41) is 5.61. The van der Waals surface area contributed by atoms with E-state index < -0.39 is 0 Å². The number of hydrogen-bond donors (Lipinski definition) is 1. The number of aliphatic imine (C=N–C) groups is 1. The van der Waals surface area contributed by atoms with Crippen molar-refractivity contribution in [1.29, 1.82) is 0 Å². The lowest BCUT2D eigenvalue weighted by atomic mass is 10.1. The molecular weight excluding hydrogens is 200 g/mol. The third-order valence-corrected chi connectivity index (χ3v) is 2.62. The molecule has 3 heteroatoms. The second-order valence-electron chi connectivity index (χ2n) is 3.69. The Hall–Kier alpha value is -2.03. The van der Waals surface area contributed by atoms with E-state index in [0.717, 1.165) is 12.2 Å². The van der Waals surface area contributed by atoms with Crippen LogP contribution in [0.25, 0.3) is 10.8 Å². The van der Waals surface area contributed by atoms with Gasteiger partial charge in [0, 0.05) is 5.39 Å². The van der Waals surface area contributed by atoms with Gasteiger partial charge in [-0.1, -0.05) is 36.4 Å². The molecule has 0 aliphatic carbocycles. The maximum absolute atomic E-state index is 5.34. The van der Waals surface area contributed by atoms with E-state index in [2.05, 4.69) is 28.5 Å². The van der Waals surface area contributed by atoms with Gasteiger partial charge in [-0.3, -0.25) is 0 Å². The van der Waals surface area contributed by atoms with Crippen molar-refractivity contribution in [1.82, 2.24) is 0 Å². The summed E-state index contributed by atoms with van der Waals surface area (Å²) in [4.78, 5) is 4.22. The minimum atomic E-state index is 0.622. The van der Waals surface area contributed by atoms with E-state index in [1.807, 2.05) is 24.3 Å². The number of rotatable bonds is 1. The van der Waals surface area contributed by atoms with Crippen LogP contribution in [0.3, 0.4) is 0 Å². The Balaban J connectivity index is 2.02. The second kappa shape index (κ2) is 3.85. The molecular formula is C13H12N2O.